The Labute approximate surface area is 109 Å². The van der Waals surface area contributed by atoms with Gasteiger partial charge in [-0.25, -0.2) is 0 Å². The first kappa shape index (κ1) is 13.7. The van der Waals surface area contributed by atoms with Crippen LogP contribution in [-0.2, 0) is 4.79 Å². The Morgan fingerprint density at radius 2 is 1.71 bits per heavy atom. The molecule has 0 atom stereocenters. The fraction of sp³-hybridized carbons (Fsp3) is 0.333. The summed E-state index contributed by atoms with van der Waals surface area (Å²) in [5.41, 5.74) is -0.413. The number of hydrogen-bond acceptors (Lipinski definition) is 2. The predicted octanol–water partition coefficient (Wildman–Crippen LogP) is 1.70. The second-order valence-electron chi connectivity index (χ2n) is 4.17. The molecule has 1 aromatic carbocycles. The minimum atomic E-state index is -0.932. The number of rotatable bonds is 3. The van der Waals surface area contributed by atoms with Crippen LogP contribution < -0.4 is 10.6 Å². The van der Waals surface area contributed by atoms with Crippen LogP contribution in [0, 0.1) is 0 Å². The first-order valence-electron chi connectivity index (χ1n) is 5.17. The van der Waals surface area contributed by atoms with Crippen LogP contribution in [0.3, 0.4) is 0 Å². The van der Waals surface area contributed by atoms with Crippen molar-refractivity contribution in [2.75, 3.05) is 7.05 Å². The molecular weight excluding hydrogens is 284 g/mol. The molecule has 0 spiro atoms. The highest BCUT2D eigenvalue weighted by molar-refractivity contribution is 9.10. The molecule has 0 saturated heterocycles. The molecule has 0 aliphatic rings. The third-order valence-electron chi connectivity index (χ3n) is 2.33. The number of halogens is 1. The molecule has 4 nitrogen and oxygen atoms in total. The van der Waals surface area contributed by atoms with E-state index in [2.05, 4.69) is 26.6 Å². The fourth-order valence-corrected chi connectivity index (χ4v) is 1.59. The van der Waals surface area contributed by atoms with Crippen LogP contribution in [0.4, 0.5) is 0 Å². The van der Waals surface area contributed by atoms with E-state index in [4.69, 9.17) is 0 Å². The Kier molecular flexibility index (Phi) is 4.28. The van der Waals surface area contributed by atoms with E-state index in [1.807, 2.05) is 0 Å². The van der Waals surface area contributed by atoms with Gasteiger partial charge in [0.25, 0.3) is 5.91 Å². The largest absolute Gasteiger partial charge is 0.357 e. The molecule has 0 bridgehead atoms. The van der Waals surface area contributed by atoms with Crippen LogP contribution in [-0.4, -0.2) is 24.4 Å². The topological polar surface area (TPSA) is 58.2 Å². The summed E-state index contributed by atoms with van der Waals surface area (Å²) in [6, 6.07) is 6.95. The number of amides is 2. The molecule has 5 heteroatoms. The summed E-state index contributed by atoms with van der Waals surface area (Å²) in [6.45, 7) is 3.31. The van der Waals surface area contributed by atoms with E-state index in [0.717, 1.165) is 4.47 Å². The summed E-state index contributed by atoms with van der Waals surface area (Å²) in [7, 11) is 1.54. The highest BCUT2D eigenvalue weighted by Crippen LogP contribution is 2.11. The maximum atomic E-state index is 11.9. The number of hydrogen-bond donors (Lipinski definition) is 2. The molecule has 1 rings (SSSR count). The molecule has 0 radical (unpaired) electrons. The molecular formula is C12H15BrN2O2. The van der Waals surface area contributed by atoms with Crippen LogP contribution in [0.1, 0.15) is 24.2 Å². The van der Waals surface area contributed by atoms with Crippen molar-refractivity contribution in [1.82, 2.24) is 10.6 Å². The third-order valence-corrected chi connectivity index (χ3v) is 2.86. The zero-order valence-corrected chi connectivity index (χ0v) is 11.6. The average Bonchev–Trinajstić information content (AvgIpc) is 2.28. The van der Waals surface area contributed by atoms with E-state index in [1.165, 1.54) is 7.05 Å². The lowest BCUT2D eigenvalue weighted by molar-refractivity contribution is -0.125. The third kappa shape index (κ3) is 3.56. The maximum Gasteiger partial charge on any atom is 0.252 e. The van der Waals surface area contributed by atoms with Gasteiger partial charge >= 0.3 is 0 Å². The van der Waals surface area contributed by atoms with Gasteiger partial charge in [0.15, 0.2) is 0 Å². The molecule has 92 valence electrons. The van der Waals surface area contributed by atoms with Gasteiger partial charge in [0.05, 0.1) is 0 Å². The number of carbonyl (C=O) groups excluding carboxylic acids is 2. The average molecular weight is 299 g/mol. The van der Waals surface area contributed by atoms with Crippen molar-refractivity contribution in [2.45, 2.75) is 19.4 Å². The molecule has 0 fully saturated rings. The van der Waals surface area contributed by atoms with E-state index in [-0.39, 0.29) is 11.8 Å². The van der Waals surface area contributed by atoms with Crippen molar-refractivity contribution in [2.24, 2.45) is 0 Å². The van der Waals surface area contributed by atoms with E-state index < -0.39 is 5.54 Å². The lowest BCUT2D eigenvalue weighted by Gasteiger charge is -2.24. The van der Waals surface area contributed by atoms with Crippen molar-refractivity contribution in [1.29, 1.82) is 0 Å². The summed E-state index contributed by atoms with van der Waals surface area (Å²) in [5, 5.41) is 5.19. The first-order chi connectivity index (χ1) is 7.86. The number of carbonyl (C=O) groups is 2. The van der Waals surface area contributed by atoms with E-state index in [9.17, 15) is 9.59 Å². The molecule has 0 aromatic heterocycles. The summed E-state index contributed by atoms with van der Waals surface area (Å²) in [6.07, 6.45) is 0. The van der Waals surface area contributed by atoms with E-state index in [0.29, 0.717) is 5.56 Å². The van der Waals surface area contributed by atoms with Gasteiger partial charge in [-0.1, -0.05) is 15.9 Å². The van der Waals surface area contributed by atoms with E-state index >= 15 is 0 Å². The van der Waals surface area contributed by atoms with Crippen LogP contribution in [0.25, 0.3) is 0 Å². The monoisotopic (exact) mass is 298 g/mol. The standard InChI is InChI=1S/C12H15BrN2O2/c1-12(2,11(17)14-3)15-10(16)8-4-6-9(13)7-5-8/h4-7H,1-3H3,(H,14,17)(H,15,16). The summed E-state index contributed by atoms with van der Waals surface area (Å²) in [4.78, 5) is 23.4. The van der Waals surface area contributed by atoms with Gasteiger partial charge in [-0.2, -0.15) is 0 Å². The SMILES string of the molecule is CNC(=O)C(C)(C)NC(=O)c1ccc(Br)cc1. The summed E-state index contributed by atoms with van der Waals surface area (Å²) < 4.78 is 0.902. The van der Waals surface area contributed by atoms with Gasteiger partial charge < -0.3 is 10.6 Å². The Morgan fingerprint density at radius 3 is 2.18 bits per heavy atom. The van der Waals surface area contributed by atoms with Gasteiger partial charge in [0.2, 0.25) is 5.91 Å². The quantitative estimate of drug-likeness (QED) is 0.892. The smallest absolute Gasteiger partial charge is 0.252 e. The Balaban J connectivity index is 2.79. The molecule has 2 amide bonds. The molecule has 0 unspecified atom stereocenters. The molecule has 17 heavy (non-hydrogen) atoms. The first-order valence-corrected chi connectivity index (χ1v) is 5.96. The highest BCUT2D eigenvalue weighted by atomic mass is 79.9. The maximum absolute atomic E-state index is 11.9. The predicted molar refractivity (Wildman–Crippen MR) is 69.8 cm³/mol. The second kappa shape index (κ2) is 5.31. The lowest BCUT2D eigenvalue weighted by Crippen LogP contribution is -2.53. The van der Waals surface area contributed by atoms with Crippen LogP contribution in [0.2, 0.25) is 0 Å². The van der Waals surface area contributed by atoms with Gasteiger partial charge in [0.1, 0.15) is 5.54 Å². The number of likely N-dealkylation sites (N-methyl/N-ethyl adjacent to an activating group) is 1. The molecule has 0 aliphatic heterocycles. The lowest BCUT2D eigenvalue weighted by atomic mass is 10.0. The van der Waals surface area contributed by atoms with Crippen LogP contribution in [0.15, 0.2) is 28.7 Å². The van der Waals surface area contributed by atoms with Gasteiger partial charge in [0, 0.05) is 17.1 Å². The van der Waals surface area contributed by atoms with Crippen LogP contribution >= 0.6 is 15.9 Å². The zero-order chi connectivity index (χ0) is 13.1. The van der Waals surface area contributed by atoms with Gasteiger partial charge in [-0.05, 0) is 38.1 Å². The molecule has 2 N–H and O–H groups in total. The van der Waals surface area contributed by atoms with Crippen LogP contribution in [0.5, 0.6) is 0 Å². The minimum absolute atomic E-state index is 0.233. The molecule has 0 saturated carbocycles. The van der Waals surface area contributed by atoms with Crippen molar-refractivity contribution < 1.29 is 9.59 Å². The van der Waals surface area contributed by atoms with Crippen molar-refractivity contribution in [3.63, 3.8) is 0 Å². The normalized spacial score (nSPS) is 10.8. The van der Waals surface area contributed by atoms with Gasteiger partial charge in [-0.15, -0.1) is 0 Å². The highest BCUT2D eigenvalue weighted by Gasteiger charge is 2.28. The zero-order valence-electron chi connectivity index (χ0n) is 10.0. The fourth-order valence-electron chi connectivity index (χ4n) is 1.33. The van der Waals surface area contributed by atoms with Crippen molar-refractivity contribution in [3.8, 4) is 0 Å². The molecule has 0 heterocycles. The molecule has 1 aromatic rings. The Morgan fingerprint density at radius 1 is 1.18 bits per heavy atom. The Hall–Kier alpha value is -1.36. The van der Waals surface area contributed by atoms with E-state index in [1.54, 1.807) is 38.1 Å². The number of benzene rings is 1. The second-order valence-corrected chi connectivity index (χ2v) is 5.08. The van der Waals surface area contributed by atoms with Gasteiger partial charge in [-0.3, -0.25) is 9.59 Å². The van der Waals surface area contributed by atoms with Crippen molar-refractivity contribution >= 4 is 27.7 Å². The number of nitrogens with one attached hydrogen (secondary N) is 2. The Bertz CT molecular complexity index is 427. The van der Waals surface area contributed by atoms with Crippen molar-refractivity contribution in [3.05, 3.63) is 34.3 Å². The summed E-state index contributed by atoms with van der Waals surface area (Å²) in [5.74, 6) is -0.505. The summed E-state index contributed by atoms with van der Waals surface area (Å²) >= 11 is 3.29. The molecule has 0 aliphatic carbocycles. The minimum Gasteiger partial charge on any atom is -0.357 e.